The minimum absolute atomic E-state index is 0.215. The second kappa shape index (κ2) is 10.9. The van der Waals surface area contributed by atoms with E-state index in [0.29, 0.717) is 61.9 Å². The molecule has 1 atom stereocenters. The van der Waals surface area contributed by atoms with Crippen LogP contribution >= 0.6 is 0 Å². The van der Waals surface area contributed by atoms with Crippen molar-refractivity contribution in [1.82, 2.24) is 20.4 Å². The lowest BCUT2D eigenvalue weighted by Crippen LogP contribution is -2.52. The number of hydrogen-bond donors (Lipinski definition) is 2. The Morgan fingerprint density at radius 3 is 2.47 bits per heavy atom. The van der Waals surface area contributed by atoms with E-state index in [0.717, 1.165) is 0 Å². The fourth-order valence-corrected chi connectivity index (χ4v) is 3.79. The molecule has 1 aromatic rings. The Balaban J connectivity index is 1.85. The summed E-state index contributed by atoms with van der Waals surface area (Å²) in [5.41, 5.74) is 1.56. The monoisotopic (exact) mass is 446 g/mol. The van der Waals surface area contributed by atoms with Crippen LogP contribution in [0, 0.1) is 0 Å². The van der Waals surface area contributed by atoms with Gasteiger partial charge in [0.25, 0.3) is 0 Å². The minimum atomic E-state index is -0.672. The average molecular weight is 447 g/mol. The molecule has 0 saturated carbocycles. The number of ether oxygens (including phenoxy) is 3. The van der Waals surface area contributed by atoms with Crippen molar-refractivity contribution in [2.24, 2.45) is 0 Å². The first-order valence-corrected chi connectivity index (χ1v) is 10.7. The number of carbonyl (C=O) groups is 3. The molecule has 3 amide bonds. The highest BCUT2D eigenvalue weighted by atomic mass is 16.6. The first-order chi connectivity index (χ1) is 15.5. The van der Waals surface area contributed by atoms with E-state index in [4.69, 9.17) is 14.2 Å². The summed E-state index contributed by atoms with van der Waals surface area (Å²) in [4.78, 5) is 41.1. The Labute approximate surface area is 187 Å². The summed E-state index contributed by atoms with van der Waals surface area (Å²) in [6, 6.07) is 6.14. The van der Waals surface area contributed by atoms with E-state index in [9.17, 15) is 14.4 Å². The van der Waals surface area contributed by atoms with Gasteiger partial charge in [-0.2, -0.15) is 0 Å². The zero-order valence-corrected chi connectivity index (χ0v) is 18.7. The first-order valence-electron chi connectivity index (χ1n) is 10.7. The standard InChI is InChI=1S/C22H30N4O6/c1-4-31-20(27)18-17(14-25-9-11-26(12-10-25)22(29)32-5-2)23-21(28)24-19(18)15-7-6-8-16(13-15)30-3/h6-8,13,19H,4-5,9-12,14H2,1-3H3,(H2,23,24,28)/t19-/m0/s1. The highest BCUT2D eigenvalue weighted by Crippen LogP contribution is 2.30. The number of nitrogens with one attached hydrogen (secondary N) is 2. The number of amides is 3. The van der Waals surface area contributed by atoms with Gasteiger partial charge in [0.15, 0.2) is 0 Å². The van der Waals surface area contributed by atoms with Gasteiger partial charge in [-0.25, -0.2) is 14.4 Å². The van der Waals surface area contributed by atoms with Crippen LogP contribution in [0.3, 0.4) is 0 Å². The molecule has 1 fully saturated rings. The maximum Gasteiger partial charge on any atom is 0.409 e. The van der Waals surface area contributed by atoms with Gasteiger partial charge in [-0.1, -0.05) is 12.1 Å². The predicted molar refractivity (Wildman–Crippen MR) is 116 cm³/mol. The van der Waals surface area contributed by atoms with E-state index >= 15 is 0 Å². The van der Waals surface area contributed by atoms with Crippen molar-refractivity contribution in [3.05, 3.63) is 41.1 Å². The van der Waals surface area contributed by atoms with E-state index < -0.39 is 18.0 Å². The van der Waals surface area contributed by atoms with Crippen molar-refractivity contribution in [2.75, 3.05) is 53.0 Å². The third kappa shape index (κ3) is 5.50. The fourth-order valence-electron chi connectivity index (χ4n) is 3.79. The topological polar surface area (TPSA) is 109 Å². The van der Waals surface area contributed by atoms with Gasteiger partial charge in [0.2, 0.25) is 0 Å². The molecule has 0 aromatic heterocycles. The molecule has 3 rings (SSSR count). The SMILES string of the molecule is CCOC(=O)C1=C(CN2CCN(C(=O)OCC)CC2)NC(=O)N[C@H]1c1cccc(OC)c1. The molecular formula is C22H30N4O6. The van der Waals surface area contributed by atoms with Crippen LogP contribution < -0.4 is 15.4 Å². The number of rotatable bonds is 7. The van der Waals surface area contributed by atoms with Gasteiger partial charge >= 0.3 is 18.1 Å². The van der Waals surface area contributed by atoms with Crippen LogP contribution in [0.5, 0.6) is 5.75 Å². The molecule has 10 nitrogen and oxygen atoms in total. The lowest BCUT2D eigenvalue weighted by atomic mass is 9.94. The summed E-state index contributed by atoms with van der Waals surface area (Å²) in [6.07, 6.45) is -0.327. The average Bonchev–Trinajstić information content (AvgIpc) is 2.79. The molecule has 1 saturated heterocycles. The number of piperazine rings is 1. The molecule has 0 bridgehead atoms. The zero-order chi connectivity index (χ0) is 23.1. The van der Waals surface area contributed by atoms with Crippen molar-refractivity contribution in [3.63, 3.8) is 0 Å². The van der Waals surface area contributed by atoms with E-state index in [-0.39, 0.29) is 12.7 Å². The van der Waals surface area contributed by atoms with Crippen LogP contribution in [0.2, 0.25) is 0 Å². The fraction of sp³-hybridized carbons (Fsp3) is 0.500. The van der Waals surface area contributed by atoms with E-state index in [1.165, 1.54) is 0 Å². The van der Waals surface area contributed by atoms with Crippen LogP contribution in [0.25, 0.3) is 0 Å². The zero-order valence-electron chi connectivity index (χ0n) is 18.7. The third-order valence-corrected chi connectivity index (χ3v) is 5.36. The highest BCUT2D eigenvalue weighted by molar-refractivity contribution is 5.95. The Morgan fingerprint density at radius 1 is 1.09 bits per heavy atom. The van der Waals surface area contributed by atoms with E-state index in [1.807, 2.05) is 6.07 Å². The number of nitrogens with zero attached hydrogens (tertiary/aromatic N) is 2. The number of methoxy groups -OCH3 is 1. The molecule has 0 radical (unpaired) electrons. The van der Waals surface area contributed by atoms with Gasteiger partial charge in [-0.3, -0.25) is 4.90 Å². The van der Waals surface area contributed by atoms with Crippen molar-refractivity contribution < 1.29 is 28.6 Å². The molecular weight excluding hydrogens is 416 g/mol. The van der Waals surface area contributed by atoms with Crippen molar-refractivity contribution in [2.45, 2.75) is 19.9 Å². The van der Waals surface area contributed by atoms with Gasteiger partial charge in [0.1, 0.15) is 5.75 Å². The molecule has 1 aromatic carbocycles. The van der Waals surface area contributed by atoms with Crippen molar-refractivity contribution in [3.8, 4) is 5.75 Å². The van der Waals surface area contributed by atoms with Crippen molar-refractivity contribution in [1.29, 1.82) is 0 Å². The molecule has 2 aliphatic heterocycles. The quantitative estimate of drug-likeness (QED) is 0.613. The summed E-state index contributed by atoms with van der Waals surface area (Å²) in [5.74, 6) is 0.128. The highest BCUT2D eigenvalue weighted by Gasteiger charge is 2.35. The van der Waals surface area contributed by atoms with Gasteiger partial charge in [-0.15, -0.1) is 0 Å². The Kier molecular flexibility index (Phi) is 7.93. The molecule has 0 aliphatic carbocycles. The Morgan fingerprint density at radius 2 is 1.81 bits per heavy atom. The summed E-state index contributed by atoms with van der Waals surface area (Å²) < 4.78 is 15.7. The van der Waals surface area contributed by atoms with Gasteiger partial charge in [0, 0.05) is 38.4 Å². The molecule has 2 heterocycles. The minimum Gasteiger partial charge on any atom is -0.497 e. The van der Waals surface area contributed by atoms with Crippen LogP contribution in [0.15, 0.2) is 35.5 Å². The molecule has 174 valence electrons. The summed E-state index contributed by atoms with van der Waals surface area (Å²) in [6.45, 7) is 6.60. The normalized spacial score (nSPS) is 19.2. The van der Waals surface area contributed by atoms with Gasteiger partial charge in [-0.05, 0) is 31.5 Å². The van der Waals surface area contributed by atoms with E-state index in [2.05, 4.69) is 15.5 Å². The number of esters is 1. The molecule has 10 heteroatoms. The second-order valence-corrected chi connectivity index (χ2v) is 7.38. The predicted octanol–water partition coefficient (Wildman–Crippen LogP) is 1.64. The summed E-state index contributed by atoms with van der Waals surface area (Å²) >= 11 is 0. The van der Waals surface area contributed by atoms with Gasteiger partial charge in [0.05, 0.1) is 31.9 Å². The molecule has 0 spiro atoms. The number of benzene rings is 1. The Bertz CT molecular complexity index is 879. The second-order valence-electron chi connectivity index (χ2n) is 7.38. The van der Waals surface area contributed by atoms with Crippen LogP contribution in [-0.4, -0.2) is 80.9 Å². The van der Waals surface area contributed by atoms with E-state index in [1.54, 1.807) is 44.1 Å². The number of urea groups is 1. The third-order valence-electron chi connectivity index (χ3n) is 5.36. The molecule has 2 aliphatic rings. The Hall–Kier alpha value is -3.27. The molecule has 32 heavy (non-hydrogen) atoms. The first kappa shape index (κ1) is 23.4. The number of hydrogen-bond acceptors (Lipinski definition) is 7. The lowest BCUT2D eigenvalue weighted by Gasteiger charge is -2.36. The van der Waals surface area contributed by atoms with Gasteiger partial charge < -0.3 is 29.7 Å². The van der Waals surface area contributed by atoms with Crippen LogP contribution in [0.1, 0.15) is 25.5 Å². The smallest absolute Gasteiger partial charge is 0.409 e. The van der Waals surface area contributed by atoms with Crippen LogP contribution in [0.4, 0.5) is 9.59 Å². The lowest BCUT2D eigenvalue weighted by molar-refractivity contribution is -0.139. The molecule has 2 N–H and O–H groups in total. The molecule has 0 unspecified atom stereocenters. The maximum absolute atomic E-state index is 12.9. The summed E-state index contributed by atoms with van der Waals surface area (Å²) in [5, 5.41) is 5.61. The largest absolute Gasteiger partial charge is 0.497 e. The van der Waals surface area contributed by atoms with Crippen molar-refractivity contribution >= 4 is 18.1 Å². The number of carbonyl (C=O) groups excluding carboxylic acids is 3. The van der Waals surface area contributed by atoms with Crippen LogP contribution in [-0.2, 0) is 14.3 Å². The summed E-state index contributed by atoms with van der Waals surface area (Å²) in [7, 11) is 1.56. The maximum atomic E-state index is 12.9.